The van der Waals surface area contributed by atoms with Gasteiger partial charge in [0.05, 0.1) is 4.90 Å². The number of sulfonamides is 1. The molecule has 0 radical (unpaired) electrons. The van der Waals surface area contributed by atoms with E-state index in [1.807, 2.05) is 0 Å². The number of nitrogens with two attached hydrogens (primary N) is 1. The molecule has 1 saturated heterocycles. The van der Waals surface area contributed by atoms with Crippen LogP contribution in [-0.4, -0.2) is 27.4 Å². The quantitative estimate of drug-likeness (QED) is 0.771. The molecule has 6 nitrogen and oxygen atoms in total. The van der Waals surface area contributed by atoms with Gasteiger partial charge in [-0.25, -0.2) is 13.6 Å². The topological polar surface area (TPSA) is 101 Å². The molecule has 1 amide bonds. The zero-order chi connectivity index (χ0) is 15.5. The molecule has 7 heteroatoms. The Bertz CT molecular complexity index is 622. The summed E-state index contributed by atoms with van der Waals surface area (Å²) in [6, 6.07) is 4.72. The van der Waals surface area contributed by atoms with Crippen LogP contribution in [0.15, 0.2) is 23.1 Å². The fourth-order valence-electron chi connectivity index (χ4n) is 2.56. The van der Waals surface area contributed by atoms with Crippen LogP contribution < -0.4 is 15.8 Å². The molecule has 1 unspecified atom stereocenters. The SMILES string of the molecule is Cc1ccc(NC(=O)CC2CCCNC2)cc1S(N)(=O)=O. The van der Waals surface area contributed by atoms with E-state index in [4.69, 9.17) is 5.14 Å². The van der Waals surface area contributed by atoms with Crippen LogP contribution in [0.25, 0.3) is 0 Å². The van der Waals surface area contributed by atoms with E-state index in [0.717, 1.165) is 25.9 Å². The third kappa shape index (κ3) is 4.52. The summed E-state index contributed by atoms with van der Waals surface area (Å²) in [5.74, 6) is 0.231. The van der Waals surface area contributed by atoms with E-state index in [0.29, 0.717) is 23.6 Å². The van der Waals surface area contributed by atoms with E-state index in [1.54, 1.807) is 19.1 Å². The van der Waals surface area contributed by atoms with Crippen molar-refractivity contribution in [1.29, 1.82) is 0 Å². The number of hydrogen-bond donors (Lipinski definition) is 3. The van der Waals surface area contributed by atoms with Crippen LogP contribution in [0.1, 0.15) is 24.8 Å². The first kappa shape index (κ1) is 15.9. The Hall–Kier alpha value is -1.44. The summed E-state index contributed by atoms with van der Waals surface area (Å²) >= 11 is 0. The molecule has 1 atom stereocenters. The predicted molar refractivity (Wildman–Crippen MR) is 81.4 cm³/mol. The van der Waals surface area contributed by atoms with Gasteiger partial charge in [0.15, 0.2) is 0 Å². The average Bonchev–Trinajstić information content (AvgIpc) is 2.41. The van der Waals surface area contributed by atoms with Crippen molar-refractivity contribution in [2.75, 3.05) is 18.4 Å². The molecule has 0 aromatic heterocycles. The minimum absolute atomic E-state index is 0.0413. The Labute approximate surface area is 125 Å². The van der Waals surface area contributed by atoms with E-state index < -0.39 is 10.0 Å². The Kier molecular flexibility index (Phi) is 4.97. The highest BCUT2D eigenvalue weighted by Gasteiger charge is 2.18. The van der Waals surface area contributed by atoms with E-state index in [1.165, 1.54) is 6.07 Å². The smallest absolute Gasteiger partial charge is 0.238 e. The van der Waals surface area contributed by atoms with Gasteiger partial charge in [0.2, 0.25) is 15.9 Å². The van der Waals surface area contributed by atoms with Crippen molar-refractivity contribution < 1.29 is 13.2 Å². The Morgan fingerprint density at radius 1 is 1.48 bits per heavy atom. The molecule has 0 aliphatic carbocycles. The van der Waals surface area contributed by atoms with Gasteiger partial charge in [-0.1, -0.05) is 6.07 Å². The van der Waals surface area contributed by atoms with Crippen LogP contribution in [0.3, 0.4) is 0 Å². The third-order valence-corrected chi connectivity index (χ3v) is 4.70. The summed E-state index contributed by atoms with van der Waals surface area (Å²) in [5.41, 5.74) is 1.02. The maximum atomic E-state index is 12.0. The lowest BCUT2D eigenvalue weighted by Crippen LogP contribution is -2.32. The van der Waals surface area contributed by atoms with Gasteiger partial charge < -0.3 is 10.6 Å². The van der Waals surface area contributed by atoms with Crippen molar-refractivity contribution in [3.8, 4) is 0 Å². The molecule has 0 saturated carbocycles. The van der Waals surface area contributed by atoms with Gasteiger partial charge in [-0.2, -0.15) is 0 Å². The highest BCUT2D eigenvalue weighted by atomic mass is 32.2. The molecule has 0 spiro atoms. The Morgan fingerprint density at radius 2 is 2.24 bits per heavy atom. The van der Waals surface area contributed by atoms with Gasteiger partial charge in [0.25, 0.3) is 0 Å². The summed E-state index contributed by atoms with van der Waals surface area (Å²) < 4.78 is 22.9. The van der Waals surface area contributed by atoms with Crippen molar-refractivity contribution >= 4 is 21.6 Å². The number of amides is 1. The van der Waals surface area contributed by atoms with Gasteiger partial charge in [-0.3, -0.25) is 4.79 Å². The first-order chi connectivity index (χ1) is 9.86. The van der Waals surface area contributed by atoms with Crippen LogP contribution in [-0.2, 0) is 14.8 Å². The summed E-state index contributed by atoms with van der Waals surface area (Å²) in [6.07, 6.45) is 2.56. The number of carbonyl (C=O) groups excluding carboxylic acids is 1. The lowest BCUT2D eigenvalue weighted by atomic mass is 9.96. The van der Waals surface area contributed by atoms with Gasteiger partial charge in [0, 0.05) is 12.1 Å². The van der Waals surface area contributed by atoms with E-state index >= 15 is 0 Å². The summed E-state index contributed by atoms with van der Waals surface area (Å²) in [4.78, 5) is 12.0. The molecule has 116 valence electrons. The minimum Gasteiger partial charge on any atom is -0.326 e. The number of hydrogen-bond acceptors (Lipinski definition) is 4. The molecule has 1 aromatic carbocycles. The second-order valence-electron chi connectivity index (χ2n) is 5.49. The number of aryl methyl sites for hydroxylation is 1. The number of benzene rings is 1. The number of carbonyl (C=O) groups is 1. The Morgan fingerprint density at radius 3 is 2.86 bits per heavy atom. The second kappa shape index (κ2) is 6.55. The van der Waals surface area contributed by atoms with E-state index in [-0.39, 0.29) is 10.8 Å². The van der Waals surface area contributed by atoms with Crippen LogP contribution in [0.2, 0.25) is 0 Å². The van der Waals surface area contributed by atoms with Crippen molar-refractivity contribution in [3.63, 3.8) is 0 Å². The number of piperidine rings is 1. The normalized spacial score (nSPS) is 19.2. The molecule has 1 aliphatic heterocycles. The molecule has 21 heavy (non-hydrogen) atoms. The van der Waals surface area contributed by atoms with Gasteiger partial charge in [0.1, 0.15) is 0 Å². The second-order valence-corrected chi connectivity index (χ2v) is 7.02. The monoisotopic (exact) mass is 311 g/mol. The number of nitrogens with one attached hydrogen (secondary N) is 2. The minimum atomic E-state index is -3.78. The largest absolute Gasteiger partial charge is 0.326 e. The third-order valence-electron chi connectivity index (χ3n) is 3.65. The van der Waals surface area contributed by atoms with Crippen molar-refractivity contribution in [2.45, 2.75) is 31.1 Å². The fourth-order valence-corrected chi connectivity index (χ4v) is 3.36. The van der Waals surface area contributed by atoms with Gasteiger partial charge in [-0.15, -0.1) is 0 Å². The number of primary sulfonamides is 1. The lowest BCUT2D eigenvalue weighted by Gasteiger charge is -2.22. The maximum absolute atomic E-state index is 12.0. The first-order valence-corrected chi connectivity index (χ1v) is 8.55. The molecule has 1 aromatic rings. The fraction of sp³-hybridized carbons (Fsp3) is 0.500. The summed E-state index contributed by atoms with van der Waals surface area (Å²) in [6.45, 7) is 3.52. The zero-order valence-corrected chi connectivity index (χ0v) is 12.9. The summed E-state index contributed by atoms with van der Waals surface area (Å²) in [7, 11) is -3.78. The van der Waals surface area contributed by atoms with Gasteiger partial charge >= 0.3 is 0 Å². The van der Waals surface area contributed by atoms with Crippen molar-refractivity contribution in [1.82, 2.24) is 5.32 Å². The van der Waals surface area contributed by atoms with E-state index in [9.17, 15) is 13.2 Å². The van der Waals surface area contributed by atoms with Crippen LogP contribution in [0.5, 0.6) is 0 Å². The van der Waals surface area contributed by atoms with Crippen LogP contribution in [0, 0.1) is 12.8 Å². The molecular formula is C14H21N3O3S. The molecule has 1 heterocycles. The zero-order valence-electron chi connectivity index (χ0n) is 12.1. The highest BCUT2D eigenvalue weighted by Crippen LogP contribution is 2.20. The molecule has 1 aliphatic rings. The molecule has 2 rings (SSSR count). The Balaban J connectivity index is 2.04. The van der Waals surface area contributed by atoms with Crippen LogP contribution in [0.4, 0.5) is 5.69 Å². The molecule has 1 fully saturated rings. The van der Waals surface area contributed by atoms with Crippen molar-refractivity contribution in [2.24, 2.45) is 11.1 Å². The first-order valence-electron chi connectivity index (χ1n) is 7.00. The predicted octanol–water partition coefficient (Wildman–Crippen LogP) is 0.971. The maximum Gasteiger partial charge on any atom is 0.238 e. The molecule has 0 bridgehead atoms. The molecule has 4 N–H and O–H groups in total. The standard InChI is InChI=1S/C14H21N3O3S/c1-10-4-5-12(8-13(10)21(15,19)20)17-14(18)7-11-3-2-6-16-9-11/h4-5,8,11,16H,2-3,6-7,9H2,1H3,(H,17,18)(H2,15,19,20). The van der Waals surface area contributed by atoms with E-state index in [2.05, 4.69) is 10.6 Å². The molecular weight excluding hydrogens is 290 g/mol. The summed E-state index contributed by atoms with van der Waals surface area (Å²) in [5, 5.41) is 11.2. The number of rotatable bonds is 4. The lowest BCUT2D eigenvalue weighted by molar-refractivity contribution is -0.117. The van der Waals surface area contributed by atoms with Crippen molar-refractivity contribution in [3.05, 3.63) is 23.8 Å². The van der Waals surface area contributed by atoms with Crippen LogP contribution >= 0.6 is 0 Å². The number of anilines is 1. The highest BCUT2D eigenvalue weighted by molar-refractivity contribution is 7.89. The average molecular weight is 311 g/mol. The van der Waals surface area contributed by atoms with Gasteiger partial charge in [-0.05, 0) is 56.5 Å².